The Hall–Kier alpha value is -1.88. The quantitative estimate of drug-likeness (QED) is 0.613. The zero-order valence-corrected chi connectivity index (χ0v) is 11.8. The number of carbonyl (C=O) groups is 3. The van der Waals surface area contributed by atoms with Gasteiger partial charge in [0.25, 0.3) is 0 Å². The summed E-state index contributed by atoms with van der Waals surface area (Å²) in [6.07, 6.45) is -0.179. The van der Waals surface area contributed by atoms with Crippen LogP contribution in [0.1, 0.15) is 28.4 Å². The van der Waals surface area contributed by atoms with Crippen LogP contribution in [0, 0.1) is 0 Å². The van der Waals surface area contributed by atoms with Crippen LogP contribution in [0.4, 0.5) is 0 Å². The van der Waals surface area contributed by atoms with Crippen LogP contribution in [-0.4, -0.2) is 35.3 Å². The summed E-state index contributed by atoms with van der Waals surface area (Å²) in [5, 5.41) is 8.76. The molecule has 0 radical (unpaired) electrons. The number of carboxylic acid groups (broad SMARTS) is 1. The van der Waals surface area contributed by atoms with Gasteiger partial charge in [0.15, 0.2) is 5.78 Å². The van der Waals surface area contributed by atoms with E-state index in [1.807, 2.05) is 0 Å². The molecular weight excluding hydrogens is 284 g/mol. The molecule has 0 fully saturated rings. The van der Waals surface area contributed by atoms with Crippen LogP contribution in [-0.2, 0) is 27.2 Å². The highest BCUT2D eigenvalue weighted by Gasteiger charge is 2.16. The number of aliphatic carboxylic acids is 1. The second-order valence-electron chi connectivity index (χ2n) is 4.13. The molecule has 6 heteroatoms. The van der Waals surface area contributed by atoms with Gasteiger partial charge in [0, 0.05) is 6.42 Å². The lowest BCUT2D eigenvalue weighted by Gasteiger charge is -2.09. The first-order valence-electron chi connectivity index (χ1n) is 6.06. The third-order valence-electron chi connectivity index (χ3n) is 2.56. The molecule has 0 unspecified atom stereocenters. The number of esters is 1. The molecule has 1 N–H and O–H groups in total. The number of rotatable bonds is 7. The highest BCUT2D eigenvalue weighted by atomic mass is 35.5. The predicted molar refractivity (Wildman–Crippen MR) is 73.2 cm³/mol. The topological polar surface area (TPSA) is 80.7 Å². The van der Waals surface area contributed by atoms with Gasteiger partial charge in [-0.2, -0.15) is 0 Å². The maximum atomic E-state index is 11.9. The minimum atomic E-state index is -0.996. The van der Waals surface area contributed by atoms with Crippen LogP contribution in [0.5, 0.6) is 0 Å². The summed E-state index contributed by atoms with van der Waals surface area (Å²) in [5.41, 5.74) is 1.18. The average Bonchev–Trinajstić information content (AvgIpc) is 2.39. The van der Waals surface area contributed by atoms with Gasteiger partial charge in [-0.25, -0.2) is 4.79 Å². The number of hydrogen-bond acceptors (Lipinski definition) is 4. The highest BCUT2D eigenvalue weighted by Crippen LogP contribution is 2.16. The van der Waals surface area contributed by atoms with Crippen molar-refractivity contribution < 1.29 is 24.2 Å². The second kappa shape index (κ2) is 7.65. The molecule has 0 saturated carbocycles. The van der Waals surface area contributed by atoms with E-state index in [9.17, 15) is 14.4 Å². The molecule has 0 amide bonds. The predicted octanol–water partition coefficient (Wildman–Crippen LogP) is 1.84. The van der Waals surface area contributed by atoms with Gasteiger partial charge in [-0.3, -0.25) is 9.59 Å². The maximum absolute atomic E-state index is 11.9. The number of carboxylic acids is 1. The fourth-order valence-corrected chi connectivity index (χ4v) is 1.82. The van der Waals surface area contributed by atoms with E-state index in [0.717, 1.165) is 0 Å². The molecule has 5 nitrogen and oxygen atoms in total. The van der Waals surface area contributed by atoms with Gasteiger partial charge >= 0.3 is 11.9 Å². The Kier molecular flexibility index (Phi) is 6.18. The molecule has 20 heavy (non-hydrogen) atoms. The van der Waals surface area contributed by atoms with Crippen molar-refractivity contribution in [3.63, 3.8) is 0 Å². The molecule has 0 atom stereocenters. The van der Waals surface area contributed by atoms with Gasteiger partial charge in [-0.05, 0) is 24.1 Å². The van der Waals surface area contributed by atoms with Gasteiger partial charge in [0.05, 0.1) is 24.5 Å². The molecule has 1 rings (SSSR count). The summed E-state index contributed by atoms with van der Waals surface area (Å²) in [7, 11) is 0. The molecule has 0 aliphatic rings. The van der Waals surface area contributed by atoms with Crippen molar-refractivity contribution in [2.45, 2.75) is 19.8 Å². The largest absolute Gasteiger partial charge is 0.481 e. The van der Waals surface area contributed by atoms with Crippen molar-refractivity contribution in [2.24, 2.45) is 0 Å². The zero-order valence-electron chi connectivity index (χ0n) is 11.0. The molecule has 0 bridgehead atoms. The highest BCUT2D eigenvalue weighted by molar-refractivity contribution is 6.27. The van der Waals surface area contributed by atoms with E-state index in [1.54, 1.807) is 19.1 Å². The number of benzene rings is 1. The van der Waals surface area contributed by atoms with Gasteiger partial charge in [0.2, 0.25) is 0 Å². The molecule has 1 aromatic carbocycles. The van der Waals surface area contributed by atoms with E-state index in [1.165, 1.54) is 6.07 Å². The number of halogens is 1. The van der Waals surface area contributed by atoms with E-state index < -0.39 is 11.9 Å². The van der Waals surface area contributed by atoms with Gasteiger partial charge < -0.3 is 9.84 Å². The Balaban J connectivity index is 3.12. The number of hydrogen-bond donors (Lipinski definition) is 1. The minimum absolute atomic E-state index is 0.0188. The van der Waals surface area contributed by atoms with E-state index in [4.69, 9.17) is 21.4 Å². The summed E-state index contributed by atoms with van der Waals surface area (Å²) >= 11 is 5.45. The van der Waals surface area contributed by atoms with Crippen molar-refractivity contribution in [1.29, 1.82) is 0 Å². The van der Waals surface area contributed by atoms with Crippen LogP contribution in [0.15, 0.2) is 18.2 Å². The lowest BCUT2D eigenvalue weighted by Crippen LogP contribution is -2.13. The molecule has 108 valence electrons. The molecule has 0 aliphatic heterocycles. The summed E-state index contributed by atoms with van der Waals surface area (Å²) < 4.78 is 4.91. The van der Waals surface area contributed by atoms with E-state index in [0.29, 0.717) is 11.1 Å². The Morgan fingerprint density at radius 2 is 1.95 bits per heavy atom. The Morgan fingerprint density at radius 1 is 1.25 bits per heavy atom. The molecule has 0 saturated heterocycles. The monoisotopic (exact) mass is 298 g/mol. The first kappa shape index (κ1) is 16.2. The summed E-state index contributed by atoms with van der Waals surface area (Å²) in [4.78, 5) is 34.0. The van der Waals surface area contributed by atoms with Crippen molar-refractivity contribution in [3.8, 4) is 0 Å². The number of alkyl halides is 1. The summed E-state index contributed by atoms with van der Waals surface area (Å²) in [5.74, 6) is -1.93. The average molecular weight is 299 g/mol. The van der Waals surface area contributed by atoms with Gasteiger partial charge in [0.1, 0.15) is 0 Å². The molecule has 0 heterocycles. The third-order valence-corrected chi connectivity index (χ3v) is 2.86. The first-order chi connectivity index (χ1) is 9.47. The maximum Gasteiger partial charge on any atom is 0.338 e. The van der Waals surface area contributed by atoms with Crippen molar-refractivity contribution >= 4 is 29.3 Å². The number of ether oxygens (including phenoxy) is 1. The number of carbonyl (C=O) groups excluding carboxylic acids is 2. The molecule has 0 aliphatic carbocycles. The molecule has 1 aromatic rings. The second-order valence-corrected chi connectivity index (χ2v) is 4.40. The van der Waals surface area contributed by atoms with Crippen LogP contribution in [0.2, 0.25) is 0 Å². The van der Waals surface area contributed by atoms with Crippen LogP contribution in [0.3, 0.4) is 0 Å². The number of Topliss-reactive ketones (excluding diaryl/α,β-unsaturated/α-hetero) is 1. The summed E-state index contributed by atoms with van der Waals surface area (Å²) in [6, 6.07) is 4.59. The Labute approximate surface area is 121 Å². The van der Waals surface area contributed by atoms with E-state index in [-0.39, 0.29) is 36.7 Å². The van der Waals surface area contributed by atoms with Crippen molar-refractivity contribution in [3.05, 3.63) is 34.9 Å². The first-order valence-corrected chi connectivity index (χ1v) is 6.59. The Morgan fingerprint density at radius 3 is 2.50 bits per heavy atom. The summed E-state index contributed by atoms with van der Waals surface area (Å²) in [6.45, 7) is 1.87. The number of ketones is 1. The third kappa shape index (κ3) is 4.66. The zero-order chi connectivity index (χ0) is 15.1. The standard InChI is InChI=1S/C14H15ClO5/c1-2-20-14(19)12-5-9(6-13(17)18)3-4-10(12)7-11(16)8-15/h3-5H,2,6-8H2,1H3,(H,17,18). The normalized spacial score (nSPS) is 10.1. The SMILES string of the molecule is CCOC(=O)c1cc(CC(=O)O)ccc1CC(=O)CCl. The van der Waals surface area contributed by atoms with E-state index >= 15 is 0 Å². The van der Waals surface area contributed by atoms with Gasteiger partial charge in [-0.1, -0.05) is 12.1 Å². The molecule has 0 spiro atoms. The Bertz CT molecular complexity index is 524. The van der Waals surface area contributed by atoms with E-state index in [2.05, 4.69) is 0 Å². The van der Waals surface area contributed by atoms with Gasteiger partial charge in [-0.15, -0.1) is 11.6 Å². The lowest BCUT2D eigenvalue weighted by atomic mass is 9.98. The van der Waals surface area contributed by atoms with Crippen molar-refractivity contribution in [1.82, 2.24) is 0 Å². The van der Waals surface area contributed by atoms with Crippen molar-refractivity contribution in [2.75, 3.05) is 12.5 Å². The smallest absolute Gasteiger partial charge is 0.338 e. The minimum Gasteiger partial charge on any atom is -0.481 e. The van der Waals surface area contributed by atoms with Crippen LogP contribution >= 0.6 is 11.6 Å². The fraction of sp³-hybridized carbons (Fsp3) is 0.357. The van der Waals surface area contributed by atoms with Crippen LogP contribution < -0.4 is 0 Å². The molecular formula is C14H15ClO5. The fourth-order valence-electron chi connectivity index (χ4n) is 1.72. The lowest BCUT2D eigenvalue weighted by molar-refractivity contribution is -0.136. The molecule has 0 aromatic heterocycles. The van der Waals surface area contributed by atoms with Crippen LogP contribution in [0.25, 0.3) is 0 Å².